The molecule has 0 spiro atoms. The number of hydrogen-bond acceptors (Lipinski definition) is 3. The van der Waals surface area contributed by atoms with Crippen molar-refractivity contribution >= 4 is 11.9 Å². The summed E-state index contributed by atoms with van der Waals surface area (Å²) in [7, 11) is 0. The number of imide groups is 1. The predicted molar refractivity (Wildman–Crippen MR) is 90.7 cm³/mol. The first kappa shape index (κ1) is 16.1. The Labute approximate surface area is 141 Å². The second-order valence-electron chi connectivity index (χ2n) is 5.80. The first-order valence-corrected chi connectivity index (χ1v) is 8.01. The van der Waals surface area contributed by atoms with Crippen LogP contribution in [-0.2, 0) is 4.79 Å². The van der Waals surface area contributed by atoms with Crippen LogP contribution in [0.15, 0.2) is 54.6 Å². The van der Waals surface area contributed by atoms with Gasteiger partial charge in [-0.15, -0.1) is 0 Å². The van der Waals surface area contributed by atoms with E-state index in [0.717, 1.165) is 11.3 Å². The van der Waals surface area contributed by atoms with E-state index in [1.54, 1.807) is 0 Å². The third kappa shape index (κ3) is 3.56. The number of ether oxygens (including phenoxy) is 1. The first-order chi connectivity index (χ1) is 11.6. The molecule has 0 bridgehead atoms. The van der Waals surface area contributed by atoms with Gasteiger partial charge in [-0.25, -0.2) is 4.79 Å². The maximum Gasteiger partial charge on any atom is 0.325 e. The molecule has 2 aromatic carbocycles. The van der Waals surface area contributed by atoms with Crippen molar-refractivity contribution in [2.24, 2.45) is 0 Å². The molecule has 0 aromatic heterocycles. The summed E-state index contributed by atoms with van der Waals surface area (Å²) in [5.41, 5.74) is 1.97. The van der Waals surface area contributed by atoms with E-state index >= 15 is 0 Å². The number of hydrogen-bond donors (Lipinski definition) is 1. The van der Waals surface area contributed by atoms with Crippen molar-refractivity contribution in [3.63, 3.8) is 0 Å². The van der Waals surface area contributed by atoms with Gasteiger partial charge in [0.1, 0.15) is 11.8 Å². The Balaban J connectivity index is 1.51. The van der Waals surface area contributed by atoms with Gasteiger partial charge in [0.25, 0.3) is 5.91 Å². The van der Waals surface area contributed by atoms with E-state index in [1.165, 1.54) is 10.5 Å². The van der Waals surface area contributed by atoms with Gasteiger partial charge in [0.2, 0.25) is 0 Å². The lowest BCUT2D eigenvalue weighted by molar-refractivity contribution is -0.127. The van der Waals surface area contributed by atoms with Crippen LogP contribution >= 0.6 is 0 Å². The molecule has 1 atom stereocenters. The van der Waals surface area contributed by atoms with E-state index < -0.39 is 6.04 Å². The monoisotopic (exact) mass is 324 g/mol. The second kappa shape index (κ2) is 7.17. The fourth-order valence-electron chi connectivity index (χ4n) is 2.65. The Morgan fingerprint density at radius 2 is 1.75 bits per heavy atom. The number of aryl methyl sites for hydroxylation is 1. The van der Waals surface area contributed by atoms with E-state index in [2.05, 4.69) is 5.32 Å². The molecule has 1 saturated heterocycles. The topological polar surface area (TPSA) is 58.6 Å². The molecule has 2 aromatic rings. The zero-order chi connectivity index (χ0) is 16.9. The third-order valence-electron chi connectivity index (χ3n) is 3.97. The minimum absolute atomic E-state index is 0.207. The number of nitrogens with one attached hydrogen (secondary N) is 1. The molecule has 5 nitrogen and oxygen atoms in total. The first-order valence-electron chi connectivity index (χ1n) is 8.01. The largest absolute Gasteiger partial charge is 0.494 e. The molecule has 24 heavy (non-hydrogen) atoms. The fourth-order valence-corrected chi connectivity index (χ4v) is 2.65. The van der Waals surface area contributed by atoms with Crippen LogP contribution in [0.2, 0.25) is 0 Å². The van der Waals surface area contributed by atoms with Crippen molar-refractivity contribution in [1.82, 2.24) is 10.2 Å². The number of nitrogens with zero attached hydrogens (tertiary/aromatic N) is 1. The van der Waals surface area contributed by atoms with Crippen molar-refractivity contribution < 1.29 is 14.3 Å². The van der Waals surface area contributed by atoms with E-state index in [-0.39, 0.29) is 11.9 Å². The van der Waals surface area contributed by atoms with Gasteiger partial charge in [0, 0.05) is 6.54 Å². The van der Waals surface area contributed by atoms with Crippen molar-refractivity contribution in [3.05, 3.63) is 65.7 Å². The van der Waals surface area contributed by atoms with Crippen LogP contribution < -0.4 is 10.1 Å². The summed E-state index contributed by atoms with van der Waals surface area (Å²) in [5, 5.41) is 2.73. The smallest absolute Gasteiger partial charge is 0.325 e. The lowest BCUT2D eigenvalue weighted by Gasteiger charge is -2.13. The normalized spacial score (nSPS) is 17.0. The quantitative estimate of drug-likeness (QED) is 0.656. The van der Waals surface area contributed by atoms with Crippen LogP contribution in [0.25, 0.3) is 0 Å². The average Bonchev–Trinajstić information content (AvgIpc) is 2.89. The van der Waals surface area contributed by atoms with Gasteiger partial charge in [-0.3, -0.25) is 9.69 Å². The molecule has 5 heteroatoms. The van der Waals surface area contributed by atoms with E-state index in [4.69, 9.17) is 4.74 Å². The van der Waals surface area contributed by atoms with Crippen molar-refractivity contribution in [3.8, 4) is 5.75 Å². The Bertz CT molecular complexity index is 713. The number of rotatable bonds is 6. The van der Waals surface area contributed by atoms with Crippen LogP contribution in [0.3, 0.4) is 0 Å². The zero-order valence-electron chi connectivity index (χ0n) is 13.6. The molecule has 1 N–H and O–H groups in total. The van der Waals surface area contributed by atoms with Gasteiger partial charge < -0.3 is 10.1 Å². The summed E-state index contributed by atoms with van der Waals surface area (Å²) in [5.74, 6) is 0.585. The molecule has 1 unspecified atom stereocenters. The molecule has 0 aliphatic carbocycles. The molecule has 3 amide bonds. The highest BCUT2D eigenvalue weighted by Gasteiger charge is 2.38. The summed E-state index contributed by atoms with van der Waals surface area (Å²) < 4.78 is 5.63. The maximum absolute atomic E-state index is 12.4. The standard InChI is InChI=1S/C19H20N2O3/c1-14-8-10-16(11-9-14)24-13-5-12-21-18(22)17(20-19(21)23)15-6-3-2-4-7-15/h2-4,6-11,17H,5,12-13H2,1H3,(H,20,23). The van der Waals surface area contributed by atoms with Crippen molar-refractivity contribution in [1.29, 1.82) is 0 Å². The Morgan fingerprint density at radius 3 is 2.46 bits per heavy atom. The summed E-state index contributed by atoms with van der Waals surface area (Å²) in [6.45, 7) is 2.82. The molecule has 1 fully saturated rings. The lowest BCUT2D eigenvalue weighted by atomic mass is 10.1. The van der Waals surface area contributed by atoms with Crippen LogP contribution in [0.4, 0.5) is 4.79 Å². The predicted octanol–water partition coefficient (Wildman–Crippen LogP) is 3.06. The van der Waals surface area contributed by atoms with Gasteiger partial charge >= 0.3 is 6.03 Å². The molecule has 124 valence electrons. The van der Waals surface area contributed by atoms with Gasteiger partial charge in [0.05, 0.1) is 6.61 Å². The van der Waals surface area contributed by atoms with E-state index in [9.17, 15) is 9.59 Å². The lowest BCUT2D eigenvalue weighted by Crippen LogP contribution is -2.32. The minimum atomic E-state index is -0.586. The van der Waals surface area contributed by atoms with Gasteiger partial charge in [-0.05, 0) is 31.0 Å². The van der Waals surface area contributed by atoms with Crippen LogP contribution in [0.5, 0.6) is 5.75 Å². The highest BCUT2D eigenvalue weighted by Crippen LogP contribution is 2.21. The Kier molecular flexibility index (Phi) is 4.79. The highest BCUT2D eigenvalue weighted by molar-refractivity contribution is 6.04. The zero-order valence-corrected chi connectivity index (χ0v) is 13.6. The molecular weight excluding hydrogens is 304 g/mol. The maximum atomic E-state index is 12.4. The Hall–Kier alpha value is -2.82. The highest BCUT2D eigenvalue weighted by atomic mass is 16.5. The number of carbonyl (C=O) groups excluding carboxylic acids is 2. The molecule has 3 rings (SSSR count). The molecule has 1 aliphatic rings. The molecule has 1 heterocycles. The van der Waals surface area contributed by atoms with Crippen molar-refractivity contribution in [2.75, 3.05) is 13.2 Å². The van der Waals surface area contributed by atoms with E-state index in [0.29, 0.717) is 19.6 Å². The summed E-state index contributed by atoms with van der Waals surface area (Å²) in [6.07, 6.45) is 0.592. The number of amides is 3. The molecule has 0 radical (unpaired) electrons. The van der Waals surface area contributed by atoms with Crippen LogP contribution in [0, 0.1) is 6.92 Å². The van der Waals surface area contributed by atoms with Gasteiger partial charge in [0.15, 0.2) is 0 Å². The summed E-state index contributed by atoms with van der Waals surface area (Å²) >= 11 is 0. The SMILES string of the molecule is Cc1ccc(OCCCN2C(=O)NC(c3ccccc3)C2=O)cc1. The average molecular weight is 324 g/mol. The third-order valence-corrected chi connectivity index (χ3v) is 3.97. The number of benzene rings is 2. The van der Waals surface area contributed by atoms with E-state index in [1.807, 2.05) is 61.5 Å². The summed E-state index contributed by atoms with van der Waals surface area (Å²) in [4.78, 5) is 25.7. The van der Waals surface area contributed by atoms with Gasteiger partial charge in [-0.2, -0.15) is 0 Å². The summed E-state index contributed by atoms with van der Waals surface area (Å²) in [6, 6.07) is 16.1. The Morgan fingerprint density at radius 1 is 1.04 bits per heavy atom. The minimum Gasteiger partial charge on any atom is -0.494 e. The number of urea groups is 1. The molecule has 0 saturated carbocycles. The molecular formula is C19H20N2O3. The van der Waals surface area contributed by atoms with Crippen LogP contribution in [-0.4, -0.2) is 30.0 Å². The van der Waals surface area contributed by atoms with Gasteiger partial charge in [-0.1, -0.05) is 48.0 Å². The van der Waals surface area contributed by atoms with Crippen molar-refractivity contribution in [2.45, 2.75) is 19.4 Å². The number of carbonyl (C=O) groups is 2. The second-order valence-corrected chi connectivity index (χ2v) is 5.80. The fraction of sp³-hybridized carbons (Fsp3) is 0.263. The molecule has 1 aliphatic heterocycles. The van der Waals surface area contributed by atoms with Crippen LogP contribution in [0.1, 0.15) is 23.6 Å².